The minimum Gasteiger partial charge on any atom is -0.367 e. The Morgan fingerprint density at radius 3 is 2.78 bits per heavy atom. The molecule has 94 valence electrons. The molecule has 18 heavy (non-hydrogen) atoms. The lowest BCUT2D eigenvalue weighted by Gasteiger charge is -2.37. The van der Waals surface area contributed by atoms with Gasteiger partial charge in [-0.05, 0) is 24.2 Å². The third-order valence-corrected chi connectivity index (χ3v) is 4.10. The molecule has 1 aromatic heterocycles. The maximum Gasteiger partial charge on any atom is 0.229 e. The fraction of sp³-hybridized carbons (Fsp3) is 0.308. The Morgan fingerprint density at radius 2 is 2.22 bits per heavy atom. The van der Waals surface area contributed by atoms with Crippen molar-refractivity contribution in [2.75, 3.05) is 25.9 Å². The fourth-order valence-corrected chi connectivity index (χ4v) is 3.09. The van der Waals surface area contributed by atoms with Crippen LogP contribution in [0.2, 0.25) is 0 Å². The average Bonchev–Trinajstić information content (AvgIpc) is 2.72. The number of aromatic nitrogens is 1. The number of halogens is 1. The zero-order valence-electron chi connectivity index (χ0n) is 10.1. The third kappa shape index (κ3) is 1.93. The van der Waals surface area contributed by atoms with Gasteiger partial charge in [0.1, 0.15) is 0 Å². The highest BCUT2D eigenvalue weighted by atomic mass is 79.9. The molecule has 2 aromatic rings. The molecule has 1 fully saturated rings. The molecule has 0 radical (unpaired) electrons. The van der Waals surface area contributed by atoms with E-state index in [0.29, 0.717) is 11.8 Å². The van der Waals surface area contributed by atoms with Crippen molar-refractivity contribution in [1.29, 1.82) is 0 Å². The van der Waals surface area contributed by atoms with Gasteiger partial charge in [0.15, 0.2) is 0 Å². The smallest absolute Gasteiger partial charge is 0.229 e. The minimum atomic E-state index is 0.359. The van der Waals surface area contributed by atoms with Crippen molar-refractivity contribution in [3.8, 4) is 11.1 Å². The van der Waals surface area contributed by atoms with Crippen molar-refractivity contribution in [3.05, 3.63) is 34.4 Å². The number of nitrogens with zero attached hydrogens (tertiary/aromatic N) is 2. The number of anilines is 1. The zero-order chi connectivity index (χ0) is 12.7. The summed E-state index contributed by atoms with van der Waals surface area (Å²) in [5, 5.41) is 3.70. The summed E-state index contributed by atoms with van der Waals surface area (Å²) < 4.78 is 6.01. The highest BCUT2D eigenvalue weighted by Gasteiger charge is 2.26. The third-order valence-electron chi connectivity index (χ3n) is 3.41. The number of hydrogen-bond donors (Lipinski definition) is 1. The van der Waals surface area contributed by atoms with E-state index in [0.717, 1.165) is 28.7 Å². The quantitative estimate of drug-likeness (QED) is 0.927. The van der Waals surface area contributed by atoms with Crippen molar-refractivity contribution in [2.24, 2.45) is 0 Å². The van der Waals surface area contributed by atoms with Gasteiger partial charge in [0.2, 0.25) is 5.88 Å². The van der Waals surface area contributed by atoms with Gasteiger partial charge >= 0.3 is 0 Å². The predicted molar refractivity (Wildman–Crippen MR) is 74.3 cm³/mol. The van der Waals surface area contributed by atoms with Gasteiger partial charge in [-0.15, -0.1) is 0 Å². The summed E-state index contributed by atoms with van der Waals surface area (Å²) >= 11 is 3.64. The maximum absolute atomic E-state index is 5.72. The molecule has 1 aromatic carbocycles. The van der Waals surface area contributed by atoms with Gasteiger partial charge in [-0.3, -0.25) is 0 Å². The SMILES string of the molecule is CN1CC(c2ccc(-c3cnoc3N)cc2Br)C1. The molecular weight excluding hydrogens is 294 g/mol. The Bertz CT molecular complexity index is 575. The number of benzene rings is 1. The number of hydrogen-bond acceptors (Lipinski definition) is 4. The molecule has 3 rings (SSSR count). The largest absolute Gasteiger partial charge is 0.367 e. The molecule has 0 aliphatic carbocycles. The second-order valence-electron chi connectivity index (χ2n) is 4.76. The zero-order valence-corrected chi connectivity index (χ0v) is 11.6. The second kappa shape index (κ2) is 4.40. The Morgan fingerprint density at radius 1 is 1.44 bits per heavy atom. The van der Waals surface area contributed by atoms with E-state index in [1.54, 1.807) is 6.20 Å². The highest BCUT2D eigenvalue weighted by molar-refractivity contribution is 9.10. The van der Waals surface area contributed by atoms with E-state index in [1.165, 1.54) is 5.56 Å². The molecular formula is C13H14BrN3O. The highest BCUT2D eigenvalue weighted by Crippen LogP contribution is 2.35. The lowest BCUT2D eigenvalue weighted by Crippen LogP contribution is -2.41. The van der Waals surface area contributed by atoms with Crippen LogP contribution in [0.3, 0.4) is 0 Å². The first kappa shape index (κ1) is 11.7. The van der Waals surface area contributed by atoms with Gasteiger partial charge < -0.3 is 15.2 Å². The van der Waals surface area contributed by atoms with Crippen LogP contribution in [0.25, 0.3) is 11.1 Å². The molecule has 0 unspecified atom stereocenters. The van der Waals surface area contributed by atoms with E-state index in [1.807, 2.05) is 0 Å². The van der Waals surface area contributed by atoms with Gasteiger partial charge in [0.25, 0.3) is 0 Å². The number of likely N-dealkylation sites (N-methyl/N-ethyl adjacent to an activating group) is 1. The molecule has 2 N–H and O–H groups in total. The summed E-state index contributed by atoms with van der Waals surface area (Å²) in [4.78, 5) is 2.31. The summed E-state index contributed by atoms with van der Waals surface area (Å²) in [6.45, 7) is 2.24. The summed E-state index contributed by atoms with van der Waals surface area (Å²) in [5.41, 5.74) is 8.94. The topological polar surface area (TPSA) is 55.3 Å². The first-order chi connectivity index (χ1) is 8.65. The van der Waals surface area contributed by atoms with Crippen molar-refractivity contribution in [3.63, 3.8) is 0 Å². The molecule has 4 nitrogen and oxygen atoms in total. The van der Waals surface area contributed by atoms with Crippen molar-refractivity contribution in [1.82, 2.24) is 10.1 Å². The fourth-order valence-electron chi connectivity index (χ4n) is 2.39. The van der Waals surface area contributed by atoms with Gasteiger partial charge in [0, 0.05) is 23.5 Å². The Kier molecular flexibility index (Phi) is 2.87. The molecule has 0 bridgehead atoms. The van der Waals surface area contributed by atoms with Crippen LogP contribution in [0.1, 0.15) is 11.5 Å². The summed E-state index contributed by atoms with van der Waals surface area (Å²) in [6.07, 6.45) is 1.65. The first-order valence-electron chi connectivity index (χ1n) is 5.83. The minimum absolute atomic E-state index is 0.359. The molecule has 0 atom stereocenters. The monoisotopic (exact) mass is 307 g/mol. The Hall–Kier alpha value is -1.33. The molecule has 5 heteroatoms. The van der Waals surface area contributed by atoms with Crippen LogP contribution in [0.15, 0.2) is 33.4 Å². The lowest BCUT2D eigenvalue weighted by atomic mass is 9.91. The number of nitrogens with two attached hydrogens (primary N) is 1. The van der Waals surface area contributed by atoms with Gasteiger partial charge in [-0.2, -0.15) is 0 Å². The number of likely N-dealkylation sites (tertiary alicyclic amines) is 1. The second-order valence-corrected chi connectivity index (χ2v) is 5.61. The molecule has 1 aliphatic rings. The maximum atomic E-state index is 5.72. The molecule has 0 saturated carbocycles. The average molecular weight is 308 g/mol. The number of rotatable bonds is 2. The first-order valence-corrected chi connectivity index (χ1v) is 6.63. The number of nitrogen functional groups attached to an aromatic ring is 1. The van der Waals surface area contributed by atoms with Crippen LogP contribution in [-0.2, 0) is 0 Å². The Balaban J connectivity index is 1.92. The molecule has 1 saturated heterocycles. The van der Waals surface area contributed by atoms with Crippen LogP contribution in [0.5, 0.6) is 0 Å². The van der Waals surface area contributed by atoms with Gasteiger partial charge in [-0.25, -0.2) is 0 Å². The van der Waals surface area contributed by atoms with Crippen LogP contribution in [0.4, 0.5) is 5.88 Å². The van der Waals surface area contributed by atoms with Crippen LogP contribution >= 0.6 is 15.9 Å². The van der Waals surface area contributed by atoms with Crippen LogP contribution in [-0.4, -0.2) is 30.2 Å². The van der Waals surface area contributed by atoms with E-state index in [2.05, 4.69) is 51.2 Å². The predicted octanol–water partition coefficient (Wildman–Crippen LogP) is 2.72. The van der Waals surface area contributed by atoms with E-state index >= 15 is 0 Å². The van der Waals surface area contributed by atoms with Crippen molar-refractivity contribution < 1.29 is 4.52 Å². The van der Waals surface area contributed by atoms with Crippen LogP contribution in [0, 0.1) is 0 Å². The van der Waals surface area contributed by atoms with E-state index in [-0.39, 0.29) is 0 Å². The molecule has 1 aliphatic heterocycles. The Labute approximate surface area is 114 Å². The molecule has 0 amide bonds. The van der Waals surface area contributed by atoms with E-state index < -0.39 is 0 Å². The normalized spacial score (nSPS) is 16.8. The van der Waals surface area contributed by atoms with Crippen LogP contribution < -0.4 is 5.73 Å². The lowest BCUT2D eigenvalue weighted by molar-refractivity contribution is 0.189. The van der Waals surface area contributed by atoms with Gasteiger partial charge in [0.05, 0.1) is 11.8 Å². The van der Waals surface area contributed by atoms with Gasteiger partial charge in [-0.1, -0.05) is 33.2 Å². The standard InChI is InChI=1S/C13H14BrN3O/c1-17-6-9(7-17)10-3-2-8(4-12(10)14)11-5-16-18-13(11)15/h2-5,9H,6-7,15H2,1H3. The van der Waals surface area contributed by atoms with Crippen molar-refractivity contribution >= 4 is 21.8 Å². The molecule has 2 heterocycles. The summed E-state index contributed by atoms with van der Waals surface area (Å²) in [7, 11) is 2.14. The van der Waals surface area contributed by atoms with E-state index in [4.69, 9.17) is 10.3 Å². The summed E-state index contributed by atoms with van der Waals surface area (Å²) in [6, 6.07) is 6.31. The van der Waals surface area contributed by atoms with E-state index in [9.17, 15) is 0 Å². The van der Waals surface area contributed by atoms with Crippen molar-refractivity contribution in [2.45, 2.75) is 5.92 Å². The molecule has 0 spiro atoms. The summed E-state index contributed by atoms with van der Waals surface area (Å²) in [5.74, 6) is 0.983.